The Balaban J connectivity index is 1.76. The topological polar surface area (TPSA) is 37.9 Å². The molecule has 1 fully saturated rings. The summed E-state index contributed by atoms with van der Waals surface area (Å²) in [4.78, 5) is 8.06. The van der Waals surface area contributed by atoms with E-state index in [9.17, 15) is 0 Å². The highest BCUT2D eigenvalue weighted by Crippen LogP contribution is 2.35. The van der Waals surface area contributed by atoms with Crippen LogP contribution in [0.4, 0.5) is 0 Å². The molecule has 3 nitrogen and oxygen atoms in total. The number of aromatic amines is 1. The van der Waals surface area contributed by atoms with E-state index in [-0.39, 0.29) is 6.10 Å². The van der Waals surface area contributed by atoms with Gasteiger partial charge in [-0.25, -0.2) is 4.98 Å². The Labute approximate surface area is 115 Å². The number of nitrogens with one attached hydrogen (secondary N) is 1. The van der Waals surface area contributed by atoms with Crippen molar-refractivity contribution in [2.24, 2.45) is 0 Å². The van der Waals surface area contributed by atoms with E-state index >= 15 is 0 Å². The molecular weight excluding hydrogens is 256 g/mol. The zero-order valence-electron chi connectivity index (χ0n) is 10.4. The van der Waals surface area contributed by atoms with Gasteiger partial charge in [-0.15, -0.1) is 11.3 Å². The molecule has 2 aromatic heterocycles. The Hall–Kier alpha value is -1.65. The lowest BCUT2D eigenvalue weighted by molar-refractivity contribution is 0.112. The SMILES string of the molecule is c1ccc2c(-c3csc([C@@H]4CCCO4)n3)c[nH]c2c1. The number of aromatic nitrogens is 2. The Morgan fingerprint density at radius 2 is 2.26 bits per heavy atom. The number of hydrogen-bond donors (Lipinski definition) is 1. The van der Waals surface area contributed by atoms with Gasteiger partial charge in [0.2, 0.25) is 0 Å². The fourth-order valence-corrected chi connectivity index (χ4v) is 3.52. The molecule has 0 unspecified atom stereocenters. The first kappa shape index (κ1) is 11.2. The van der Waals surface area contributed by atoms with Gasteiger partial charge in [0.25, 0.3) is 0 Å². The van der Waals surface area contributed by atoms with Crippen LogP contribution in [0.1, 0.15) is 24.0 Å². The molecule has 1 saturated heterocycles. The van der Waals surface area contributed by atoms with Crippen LogP contribution >= 0.6 is 11.3 Å². The van der Waals surface area contributed by atoms with E-state index in [0.29, 0.717) is 0 Å². The van der Waals surface area contributed by atoms with Gasteiger partial charge in [0.15, 0.2) is 0 Å². The van der Waals surface area contributed by atoms with Crippen LogP contribution < -0.4 is 0 Å². The molecule has 4 rings (SSSR count). The van der Waals surface area contributed by atoms with Crippen LogP contribution in [0.3, 0.4) is 0 Å². The summed E-state index contributed by atoms with van der Waals surface area (Å²) in [6, 6.07) is 8.33. The Kier molecular flexibility index (Phi) is 2.64. The molecule has 4 heteroatoms. The summed E-state index contributed by atoms with van der Waals surface area (Å²) in [7, 11) is 0. The third kappa shape index (κ3) is 1.88. The van der Waals surface area contributed by atoms with Crippen molar-refractivity contribution in [3.63, 3.8) is 0 Å². The van der Waals surface area contributed by atoms with Crippen molar-refractivity contribution in [2.75, 3.05) is 6.61 Å². The summed E-state index contributed by atoms with van der Waals surface area (Å²) in [5, 5.41) is 4.47. The summed E-state index contributed by atoms with van der Waals surface area (Å²) in [5.41, 5.74) is 3.38. The number of H-pyrrole nitrogens is 1. The maximum atomic E-state index is 5.70. The third-order valence-corrected chi connectivity index (χ3v) is 4.53. The standard InChI is InChI=1S/C15H14N2OS/c1-2-5-12-10(4-1)11(8-16-12)13-9-19-15(17-13)14-6-3-7-18-14/h1-2,4-5,8-9,14,16H,3,6-7H2/t14-/m0/s1. The average molecular weight is 270 g/mol. The van der Waals surface area contributed by atoms with E-state index in [4.69, 9.17) is 9.72 Å². The summed E-state index contributed by atoms with van der Waals surface area (Å²) in [5.74, 6) is 0. The zero-order valence-corrected chi connectivity index (χ0v) is 11.2. The van der Waals surface area contributed by atoms with E-state index in [1.807, 2.05) is 12.3 Å². The normalized spacial score (nSPS) is 19.3. The molecule has 0 bridgehead atoms. The van der Waals surface area contributed by atoms with Crippen molar-refractivity contribution >= 4 is 22.2 Å². The molecule has 1 aromatic carbocycles. The molecule has 0 saturated carbocycles. The number of hydrogen-bond acceptors (Lipinski definition) is 3. The summed E-state index contributed by atoms with van der Waals surface area (Å²) < 4.78 is 5.70. The Bertz CT molecular complexity index is 710. The van der Waals surface area contributed by atoms with Crippen molar-refractivity contribution in [1.82, 2.24) is 9.97 Å². The van der Waals surface area contributed by atoms with E-state index in [1.54, 1.807) is 11.3 Å². The van der Waals surface area contributed by atoms with Gasteiger partial charge in [-0.3, -0.25) is 0 Å². The van der Waals surface area contributed by atoms with E-state index in [0.717, 1.165) is 35.7 Å². The van der Waals surface area contributed by atoms with Crippen molar-refractivity contribution in [3.05, 3.63) is 40.8 Å². The fraction of sp³-hybridized carbons (Fsp3) is 0.267. The number of benzene rings is 1. The number of fused-ring (bicyclic) bond motifs is 1. The highest BCUT2D eigenvalue weighted by atomic mass is 32.1. The quantitative estimate of drug-likeness (QED) is 0.760. The molecule has 3 heterocycles. The van der Waals surface area contributed by atoms with E-state index < -0.39 is 0 Å². The zero-order chi connectivity index (χ0) is 12.7. The predicted octanol–water partition coefficient (Wildman–Crippen LogP) is 4.14. The fourth-order valence-electron chi connectivity index (χ4n) is 2.62. The van der Waals surface area contributed by atoms with Crippen LogP contribution in [0.2, 0.25) is 0 Å². The second kappa shape index (κ2) is 4.47. The second-order valence-corrected chi connectivity index (χ2v) is 5.71. The number of ether oxygens (including phenoxy) is 1. The average Bonchev–Trinajstić information content (AvgIpc) is 3.18. The van der Waals surface area contributed by atoms with Gasteiger partial charge in [-0.1, -0.05) is 18.2 Å². The lowest BCUT2D eigenvalue weighted by atomic mass is 10.1. The summed E-state index contributed by atoms with van der Waals surface area (Å²) >= 11 is 1.70. The first-order valence-electron chi connectivity index (χ1n) is 6.55. The lowest BCUT2D eigenvalue weighted by Crippen LogP contribution is -1.94. The largest absolute Gasteiger partial charge is 0.371 e. The molecule has 3 aromatic rings. The molecule has 0 amide bonds. The van der Waals surface area contributed by atoms with Gasteiger partial charge in [-0.05, 0) is 18.9 Å². The minimum atomic E-state index is 0.212. The molecular formula is C15H14N2OS. The molecule has 1 N–H and O–H groups in total. The maximum Gasteiger partial charge on any atom is 0.122 e. The van der Waals surface area contributed by atoms with Crippen molar-refractivity contribution in [3.8, 4) is 11.3 Å². The highest BCUT2D eigenvalue weighted by Gasteiger charge is 2.21. The van der Waals surface area contributed by atoms with Crippen molar-refractivity contribution in [1.29, 1.82) is 0 Å². The molecule has 0 spiro atoms. The van der Waals surface area contributed by atoms with Crippen LogP contribution in [0.15, 0.2) is 35.8 Å². The van der Waals surface area contributed by atoms with Crippen molar-refractivity contribution < 1.29 is 4.74 Å². The number of rotatable bonds is 2. The highest BCUT2D eigenvalue weighted by molar-refractivity contribution is 7.10. The monoisotopic (exact) mass is 270 g/mol. The van der Waals surface area contributed by atoms with Crippen LogP contribution in [0.25, 0.3) is 22.2 Å². The predicted molar refractivity (Wildman–Crippen MR) is 77.3 cm³/mol. The Morgan fingerprint density at radius 1 is 1.32 bits per heavy atom. The van der Waals surface area contributed by atoms with E-state index in [2.05, 4.69) is 28.6 Å². The molecule has 0 aliphatic carbocycles. The smallest absolute Gasteiger partial charge is 0.122 e. The minimum absolute atomic E-state index is 0.212. The summed E-state index contributed by atoms with van der Waals surface area (Å²) in [6.07, 6.45) is 4.50. The lowest BCUT2D eigenvalue weighted by Gasteiger charge is -2.03. The molecule has 96 valence electrons. The summed E-state index contributed by atoms with van der Waals surface area (Å²) in [6.45, 7) is 0.868. The molecule has 19 heavy (non-hydrogen) atoms. The molecule has 0 radical (unpaired) electrons. The first-order chi connectivity index (χ1) is 9.42. The van der Waals surface area contributed by atoms with Gasteiger partial charge >= 0.3 is 0 Å². The number of para-hydroxylation sites is 1. The van der Waals surface area contributed by atoms with Gasteiger partial charge in [0, 0.05) is 34.7 Å². The number of nitrogens with zero attached hydrogens (tertiary/aromatic N) is 1. The molecule has 1 atom stereocenters. The van der Waals surface area contributed by atoms with Crippen LogP contribution in [-0.2, 0) is 4.74 Å². The van der Waals surface area contributed by atoms with Gasteiger partial charge in [-0.2, -0.15) is 0 Å². The molecule has 1 aliphatic rings. The first-order valence-corrected chi connectivity index (χ1v) is 7.43. The van der Waals surface area contributed by atoms with Crippen LogP contribution in [0, 0.1) is 0 Å². The number of thiazole rings is 1. The van der Waals surface area contributed by atoms with E-state index in [1.165, 1.54) is 10.9 Å². The van der Waals surface area contributed by atoms with Gasteiger partial charge < -0.3 is 9.72 Å². The minimum Gasteiger partial charge on any atom is -0.371 e. The second-order valence-electron chi connectivity index (χ2n) is 4.82. The third-order valence-electron chi connectivity index (χ3n) is 3.59. The van der Waals surface area contributed by atoms with Crippen molar-refractivity contribution in [2.45, 2.75) is 18.9 Å². The maximum absolute atomic E-state index is 5.70. The van der Waals surface area contributed by atoms with Gasteiger partial charge in [0.05, 0.1) is 5.69 Å². The molecule has 1 aliphatic heterocycles. The Morgan fingerprint density at radius 3 is 3.16 bits per heavy atom. The van der Waals surface area contributed by atoms with Crippen LogP contribution in [0.5, 0.6) is 0 Å². The van der Waals surface area contributed by atoms with Gasteiger partial charge in [0.1, 0.15) is 11.1 Å². The van der Waals surface area contributed by atoms with Crippen LogP contribution in [-0.4, -0.2) is 16.6 Å².